The summed E-state index contributed by atoms with van der Waals surface area (Å²) in [5.41, 5.74) is 4.01. The molecular weight excluding hydrogens is 298 g/mol. The van der Waals surface area contributed by atoms with E-state index < -0.39 is 0 Å². The van der Waals surface area contributed by atoms with Crippen molar-refractivity contribution >= 4 is 5.71 Å². The molecule has 1 aliphatic rings. The third-order valence-electron chi connectivity index (χ3n) is 3.66. The number of hydrogen-bond donors (Lipinski definition) is 0. The van der Waals surface area contributed by atoms with E-state index in [2.05, 4.69) is 30.3 Å². The van der Waals surface area contributed by atoms with E-state index in [-0.39, 0.29) is 0 Å². The fraction of sp³-hybridized carbons (Fsp3) is 0.300. The van der Waals surface area contributed by atoms with Crippen LogP contribution in [0.2, 0.25) is 0 Å². The van der Waals surface area contributed by atoms with Crippen molar-refractivity contribution in [2.24, 2.45) is 4.99 Å². The molecule has 126 valence electrons. The van der Waals surface area contributed by atoms with Gasteiger partial charge < -0.3 is 9.64 Å². The quantitative estimate of drug-likeness (QED) is 0.389. The minimum Gasteiger partial charge on any atom is -0.497 e. The molecule has 0 aliphatic heterocycles. The van der Waals surface area contributed by atoms with Crippen LogP contribution >= 0.6 is 0 Å². The second kappa shape index (κ2) is 9.36. The molecule has 0 saturated heterocycles. The van der Waals surface area contributed by atoms with Crippen molar-refractivity contribution in [1.29, 1.82) is 5.26 Å². The number of nitrogens with zero attached hydrogens (tertiary/aromatic N) is 3. The van der Waals surface area contributed by atoms with Gasteiger partial charge in [-0.15, -0.1) is 0 Å². The first-order valence-corrected chi connectivity index (χ1v) is 7.78. The van der Waals surface area contributed by atoms with E-state index in [1.54, 1.807) is 20.1 Å². The van der Waals surface area contributed by atoms with E-state index in [4.69, 9.17) is 10.00 Å². The lowest BCUT2D eigenvalue weighted by Crippen LogP contribution is -2.13. The highest BCUT2D eigenvalue weighted by atomic mass is 16.5. The molecule has 4 nitrogen and oxygen atoms in total. The highest BCUT2D eigenvalue weighted by molar-refractivity contribution is 5.97. The first-order valence-electron chi connectivity index (χ1n) is 7.78. The number of aliphatic imine (C=N–C) groups is 1. The molecule has 0 bridgehead atoms. The van der Waals surface area contributed by atoms with Crippen LogP contribution in [-0.2, 0) is 4.74 Å². The maximum Gasteiger partial charge on any atom is 0.121 e. The average molecular weight is 323 g/mol. The van der Waals surface area contributed by atoms with Crippen molar-refractivity contribution in [3.8, 4) is 6.07 Å². The molecule has 0 aromatic carbocycles. The maximum atomic E-state index is 8.95. The molecule has 0 N–H and O–H groups in total. The summed E-state index contributed by atoms with van der Waals surface area (Å²) in [5.74, 6) is 0.733. The Balaban J connectivity index is 2.98. The minimum atomic E-state index is 0.439. The highest BCUT2D eigenvalue weighted by Gasteiger charge is 2.14. The van der Waals surface area contributed by atoms with Crippen LogP contribution in [0.1, 0.15) is 26.7 Å². The van der Waals surface area contributed by atoms with Gasteiger partial charge in [-0.05, 0) is 44.4 Å². The van der Waals surface area contributed by atoms with Gasteiger partial charge >= 0.3 is 0 Å². The van der Waals surface area contributed by atoms with Crippen LogP contribution in [0.3, 0.4) is 0 Å². The number of nitriles is 1. The summed E-state index contributed by atoms with van der Waals surface area (Å²) in [6.07, 6.45) is 11.6. The topological polar surface area (TPSA) is 48.6 Å². The smallest absolute Gasteiger partial charge is 0.121 e. The van der Waals surface area contributed by atoms with Crippen LogP contribution < -0.4 is 0 Å². The van der Waals surface area contributed by atoms with Crippen LogP contribution in [0.25, 0.3) is 0 Å². The fourth-order valence-corrected chi connectivity index (χ4v) is 2.23. The number of hydrogen-bond acceptors (Lipinski definition) is 4. The second-order valence-corrected chi connectivity index (χ2v) is 5.42. The minimum absolute atomic E-state index is 0.439. The van der Waals surface area contributed by atoms with Gasteiger partial charge in [0.25, 0.3) is 0 Å². The third kappa shape index (κ3) is 5.13. The molecule has 0 aromatic heterocycles. The standard InChI is InChI=1S/C20H25N3O/c1-7-20(24-6)15(2)12-13-23(5)17(4)18-10-8-9-11-19(18)22-16(3)14-21/h7,10-13H,1,4,8-9H2,2-3,5-6H3/b13-12+,20-15+,22-16+. The molecule has 0 spiro atoms. The van der Waals surface area contributed by atoms with Crippen molar-refractivity contribution in [3.63, 3.8) is 0 Å². The largest absolute Gasteiger partial charge is 0.497 e. The molecule has 0 amide bonds. The van der Waals surface area contributed by atoms with E-state index in [9.17, 15) is 0 Å². The molecule has 1 rings (SSSR count). The molecular formula is C20H25N3O. The zero-order valence-electron chi connectivity index (χ0n) is 15.0. The van der Waals surface area contributed by atoms with Crippen molar-refractivity contribution in [3.05, 3.63) is 72.0 Å². The van der Waals surface area contributed by atoms with Crippen molar-refractivity contribution in [1.82, 2.24) is 4.90 Å². The molecule has 0 fully saturated rings. The van der Waals surface area contributed by atoms with E-state index in [1.807, 2.05) is 37.2 Å². The van der Waals surface area contributed by atoms with Crippen LogP contribution in [-0.4, -0.2) is 24.8 Å². The average Bonchev–Trinajstić information content (AvgIpc) is 2.60. The first-order chi connectivity index (χ1) is 11.4. The molecule has 1 aliphatic carbocycles. The van der Waals surface area contributed by atoms with Gasteiger partial charge in [0.2, 0.25) is 0 Å². The molecule has 0 heterocycles. The summed E-state index contributed by atoms with van der Waals surface area (Å²) in [4.78, 5) is 6.32. The lowest BCUT2D eigenvalue weighted by atomic mass is 10.0. The van der Waals surface area contributed by atoms with Gasteiger partial charge in [-0.25, -0.2) is 4.99 Å². The number of allylic oxidation sites excluding steroid dienone is 5. The van der Waals surface area contributed by atoms with Crippen molar-refractivity contribution in [2.45, 2.75) is 26.7 Å². The van der Waals surface area contributed by atoms with Gasteiger partial charge in [0.1, 0.15) is 17.5 Å². The van der Waals surface area contributed by atoms with Crippen molar-refractivity contribution in [2.75, 3.05) is 14.2 Å². The molecule has 0 radical (unpaired) electrons. The molecule has 0 saturated carbocycles. The summed E-state index contributed by atoms with van der Waals surface area (Å²) in [7, 11) is 3.55. The monoisotopic (exact) mass is 323 g/mol. The Labute approximate surface area is 145 Å². The summed E-state index contributed by atoms with van der Waals surface area (Å²) in [6, 6.07) is 2.06. The van der Waals surface area contributed by atoms with Gasteiger partial charge in [-0.1, -0.05) is 25.3 Å². The van der Waals surface area contributed by atoms with Crippen LogP contribution in [0.4, 0.5) is 0 Å². The predicted molar refractivity (Wildman–Crippen MR) is 100 cm³/mol. The molecule has 4 heteroatoms. The predicted octanol–water partition coefficient (Wildman–Crippen LogP) is 4.64. The maximum absolute atomic E-state index is 8.95. The normalized spacial score (nSPS) is 15.9. The van der Waals surface area contributed by atoms with Crippen LogP contribution in [0.5, 0.6) is 0 Å². The number of likely N-dealkylation sites (N-methyl/N-ethyl adjacent to an activating group) is 1. The van der Waals surface area contributed by atoms with Gasteiger partial charge in [-0.3, -0.25) is 0 Å². The third-order valence-corrected chi connectivity index (χ3v) is 3.66. The van der Waals surface area contributed by atoms with E-state index >= 15 is 0 Å². The Morgan fingerprint density at radius 2 is 2.04 bits per heavy atom. The summed E-state index contributed by atoms with van der Waals surface area (Å²) in [6.45, 7) is 11.6. The highest BCUT2D eigenvalue weighted by Crippen LogP contribution is 2.27. The van der Waals surface area contributed by atoms with Gasteiger partial charge in [0, 0.05) is 24.5 Å². The molecule has 0 atom stereocenters. The zero-order chi connectivity index (χ0) is 18.1. The Hall–Kier alpha value is -2.80. The Morgan fingerprint density at radius 3 is 2.62 bits per heavy atom. The first kappa shape index (κ1) is 19.2. The number of methoxy groups -OCH3 is 1. The number of ether oxygens (including phenoxy) is 1. The summed E-state index contributed by atoms with van der Waals surface area (Å²) < 4.78 is 5.24. The second-order valence-electron chi connectivity index (χ2n) is 5.42. The van der Waals surface area contributed by atoms with Gasteiger partial charge in [-0.2, -0.15) is 5.26 Å². The van der Waals surface area contributed by atoms with Crippen LogP contribution in [0.15, 0.2) is 77.0 Å². The van der Waals surface area contributed by atoms with Gasteiger partial charge in [0.15, 0.2) is 0 Å². The Bertz CT molecular complexity index is 697. The van der Waals surface area contributed by atoms with Gasteiger partial charge in [0.05, 0.1) is 12.8 Å². The van der Waals surface area contributed by atoms with E-state index in [0.29, 0.717) is 5.71 Å². The number of rotatable bonds is 7. The Kier molecular flexibility index (Phi) is 7.51. The lowest BCUT2D eigenvalue weighted by Gasteiger charge is -2.22. The van der Waals surface area contributed by atoms with Crippen molar-refractivity contribution < 1.29 is 4.74 Å². The summed E-state index contributed by atoms with van der Waals surface area (Å²) in [5, 5.41) is 8.95. The van der Waals surface area contributed by atoms with E-state index in [0.717, 1.165) is 41.1 Å². The lowest BCUT2D eigenvalue weighted by molar-refractivity contribution is 0.303. The molecule has 24 heavy (non-hydrogen) atoms. The zero-order valence-corrected chi connectivity index (χ0v) is 15.0. The summed E-state index contributed by atoms with van der Waals surface area (Å²) >= 11 is 0. The van der Waals surface area contributed by atoms with Crippen LogP contribution in [0, 0.1) is 11.3 Å². The SMILES string of the molecule is C=C/C(OC)=C(C)\C=C\N(C)C(=C)C1=CCCC=C1/N=C(\C)C#N. The Morgan fingerprint density at radius 1 is 1.38 bits per heavy atom. The fourth-order valence-electron chi connectivity index (χ4n) is 2.23. The molecule has 0 unspecified atom stereocenters. The van der Waals surface area contributed by atoms with E-state index in [1.165, 1.54) is 0 Å². The molecule has 0 aromatic rings.